The molecule has 1 aliphatic heterocycles. The van der Waals surface area contributed by atoms with Crippen LogP contribution in [0.1, 0.15) is 38.4 Å². The van der Waals surface area contributed by atoms with Crippen molar-refractivity contribution in [2.24, 2.45) is 0 Å². The summed E-state index contributed by atoms with van der Waals surface area (Å²) in [6.45, 7) is 3.20. The summed E-state index contributed by atoms with van der Waals surface area (Å²) in [5, 5.41) is 7.59. The van der Waals surface area contributed by atoms with Gasteiger partial charge in [0, 0.05) is 17.9 Å². The highest BCUT2D eigenvalue weighted by atomic mass is 32.1. The number of rotatable bonds is 7. The van der Waals surface area contributed by atoms with Gasteiger partial charge in [-0.1, -0.05) is 18.2 Å². The first-order valence-electron chi connectivity index (χ1n) is 10.2. The highest BCUT2D eigenvalue weighted by Crippen LogP contribution is 2.28. The van der Waals surface area contributed by atoms with E-state index in [0.29, 0.717) is 34.2 Å². The van der Waals surface area contributed by atoms with Crippen LogP contribution in [0.5, 0.6) is 5.75 Å². The van der Waals surface area contributed by atoms with Crippen molar-refractivity contribution in [2.75, 3.05) is 23.8 Å². The van der Waals surface area contributed by atoms with Crippen LogP contribution in [0.15, 0.2) is 60.0 Å². The molecule has 1 aliphatic rings. The molecule has 7 heteroatoms. The number of carbonyl (C=O) groups is 2. The molecule has 3 aromatic rings. The predicted molar refractivity (Wildman–Crippen MR) is 122 cm³/mol. The summed E-state index contributed by atoms with van der Waals surface area (Å²) in [5.74, 6) is 0.139. The van der Waals surface area contributed by atoms with Crippen LogP contribution in [0.3, 0.4) is 0 Å². The molecule has 2 heterocycles. The fraction of sp³-hybridized carbons (Fsp3) is 0.250. The van der Waals surface area contributed by atoms with E-state index in [2.05, 4.69) is 10.6 Å². The van der Waals surface area contributed by atoms with Crippen molar-refractivity contribution >= 4 is 34.5 Å². The monoisotopic (exact) mass is 436 g/mol. The zero-order chi connectivity index (χ0) is 21.6. The summed E-state index contributed by atoms with van der Waals surface area (Å²) in [6.07, 6.45) is 2.12. The molecule has 0 radical (unpaired) electrons. The van der Waals surface area contributed by atoms with Gasteiger partial charge in [-0.05, 0) is 67.1 Å². The van der Waals surface area contributed by atoms with Gasteiger partial charge in [-0.15, -0.1) is 11.3 Å². The smallest absolute Gasteiger partial charge is 0.265 e. The number of benzene rings is 2. The average molecular weight is 437 g/mol. The molecule has 2 aromatic carbocycles. The maximum Gasteiger partial charge on any atom is 0.265 e. The zero-order valence-electron chi connectivity index (χ0n) is 17.2. The van der Waals surface area contributed by atoms with Gasteiger partial charge in [0.25, 0.3) is 11.8 Å². The molecule has 0 bridgehead atoms. The van der Waals surface area contributed by atoms with Gasteiger partial charge in [0.2, 0.25) is 0 Å². The first kappa shape index (κ1) is 21.1. The number of aryl methyl sites for hydroxylation is 1. The number of amides is 2. The Bertz CT molecular complexity index is 1060. The minimum absolute atomic E-state index is 0.0905. The predicted octanol–water partition coefficient (Wildman–Crippen LogP) is 5.12. The maximum atomic E-state index is 12.9. The van der Waals surface area contributed by atoms with Gasteiger partial charge in [-0.25, -0.2) is 0 Å². The third-order valence-corrected chi connectivity index (χ3v) is 5.83. The van der Waals surface area contributed by atoms with Crippen molar-refractivity contribution in [3.8, 4) is 5.75 Å². The van der Waals surface area contributed by atoms with Crippen molar-refractivity contribution in [2.45, 2.75) is 25.9 Å². The van der Waals surface area contributed by atoms with Crippen molar-refractivity contribution in [3.63, 3.8) is 0 Å². The third-order valence-electron chi connectivity index (χ3n) is 4.96. The molecule has 2 amide bonds. The highest BCUT2D eigenvalue weighted by molar-refractivity contribution is 7.12. The Labute approximate surface area is 185 Å². The van der Waals surface area contributed by atoms with Gasteiger partial charge in [0.1, 0.15) is 12.4 Å². The molecule has 0 spiro atoms. The van der Waals surface area contributed by atoms with E-state index in [9.17, 15) is 9.59 Å². The van der Waals surface area contributed by atoms with Crippen LogP contribution in [-0.2, 0) is 4.74 Å². The number of ether oxygens (including phenoxy) is 2. The molecule has 6 nitrogen and oxygen atoms in total. The van der Waals surface area contributed by atoms with Gasteiger partial charge < -0.3 is 20.1 Å². The minimum atomic E-state index is -0.280. The second-order valence-electron chi connectivity index (χ2n) is 7.41. The quantitative estimate of drug-likeness (QED) is 0.539. The molecule has 0 saturated carbocycles. The van der Waals surface area contributed by atoms with Gasteiger partial charge in [0.05, 0.1) is 16.7 Å². The third kappa shape index (κ3) is 5.51. The van der Waals surface area contributed by atoms with E-state index in [-0.39, 0.29) is 17.9 Å². The van der Waals surface area contributed by atoms with E-state index in [1.165, 1.54) is 11.3 Å². The molecule has 1 atom stereocenters. The zero-order valence-corrected chi connectivity index (χ0v) is 18.0. The number of carbonyl (C=O) groups excluding carboxylic acids is 2. The lowest BCUT2D eigenvalue weighted by Gasteiger charge is -2.16. The molecule has 31 heavy (non-hydrogen) atoms. The van der Waals surface area contributed by atoms with E-state index >= 15 is 0 Å². The molecule has 1 fully saturated rings. The van der Waals surface area contributed by atoms with E-state index in [4.69, 9.17) is 9.47 Å². The van der Waals surface area contributed by atoms with Crippen molar-refractivity contribution in [3.05, 3.63) is 76.0 Å². The van der Waals surface area contributed by atoms with E-state index in [1.54, 1.807) is 30.3 Å². The normalized spacial score (nSPS) is 15.5. The lowest BCUT2D eigenvalue weighted by molar-refractivity contribution is 0.0681. The maximum absolute atomic E-state index is 12.9. The second-order valence-corrected chi connectivity index (χ2v) is 8.36. The van der Waals surface area contributed by atoms with Crippen molar-refractivity contribution in [1.29, 1.82) is 0 Å². The Hall–Kier alpha value is -3.16. The summed E-state index contributed by atoms with van der Waals surface area (Å²) in [4.78, 5) is 25.8. The molecule has 160 valence electrons. The topological polar surface area (TPSA) is 76.7 Å². The Morgan fingerprint density at radius 2 is 2.00 bits per heavy atom. The van der Waals surface area contributed by atoms with Crippen LogP contribution >= 0.6 is 11.3 Å². The van der Waals surface area contributed by atoms with Gasteiger partial charge >= 0.3 is 0 Å². The largest absolute Gasteiger partial charge is 0.489 e. The van der Waals surface area contributed by atoms with Gasteiger partial charge in [-0.3, -0.25) is 9.59 Å². The summed E-state index contributed by atoms with van der Waals surface area (Å²) in [7, 11) is 0. The molecular formula is C24H24N2O4S. The van der Waals surface area contributed by atoms with E-state index < -0.39 is 0 Å². The average Bonchev–Trinajstić information content (AvgIpc) is 3.48. The van der Waals surface area contributed by atoms with Crippen LogP contribution in [0.4, 0.5) is 11.4 Å². The molecule has 1 unspecified atom stereocenters. The van der Waals surface area contributed by atoms with Crippen LogP contribution in [-0.4, -0.2) is 31.1 Å². The number of nitrogens with one attached hydrogen (secondary N) is 2. The fourth-order valence-electron chi connectivity index (χ4n) is 3.34. The molecule has 0 aliphatic carbocycles. The lowest BCUT2D eigenvalue weighted by atomic mass is 10.1. The Balaban J connectivity index is 1.44. The summed E-state index contributed by atoms with van der Waals surface area (Å²) >= 11 is 1.36. The molecular weight excluding hydrogens is 412 g/mol. The van der Waals surface area contributed by atoms with Crippen LogP contribution in [0, 0.1) is 6.92 Å². The standard InChI is InChI=1S/C24H24N2O4S/c1-16-9-10-20(21(13-16)30-15-19-7-3-11-29-19)26-23(27)17-5-2-6-18(14-17)25-24(28)22-8-4-12-31-22/h2,4-6,8-10,12-14,19H,3,7,11,15H2,1H3,(H,25,28)(H,26,27). The fourth-order valence-corrected chi connectivity index (χ4v) is 3.96. The Morgan fingerprint density at radius 1 is 1.10 bits per heavy atom. The molecule has 4 rings (SSSR count). The first-order chi connectivity index (χ1) is 15.1. The van der Waals surface area contributed by atoms with Crippen LogP contribution in [0.25, 0.3) is 0 Å². The number of hydrogen-bond acceptors (Lipinski definition) is 5. The minimum Gasteiger partial charge on any atom is -0.489 e. The Morgan fingerprint density at radius 3 is 2.77 bits per heavy atom. The van der Waals surface area contributed by atoms with E-state index in [0.717, 1.165) is 25.0 Å². The van der Waals surface area contributed by atoms with Crippen molar-refractivity contribution < 1.29 is 19.1 Å². The van der Waals surface area contributed by atoms with Gasteiger partial charge in [-0.2, -0.15) is 0 Å². The molecule has 1 saturated heterocycles. The Kier molecular flexibility index (Phi) is 6.64. The number of thiophene rings is 1. The van der Waals surface area contributed by atoms with Crippen molar-refractivity contribution in [1.82, 2.24) is 0 Å². The van der Waals surface area contributed by atoms with Crippen LogP contribution < -0.4 is 15.4 Å². The SMILES string of the molecule is Cc1ccc(NC(=O)c2cccc(NC(=O)c3cccs3)c2)c(OCC2CCCO2)c1. The number of anilines is 2. The van der Waals surface area contributed by atoms with Crippen LogP contribution in [0.2, 0.25) is 0 Å². The second kappa shape index (κ2) is 9.76. The molecule has 2 N–H and O–H groups in total. The highest BCUT2D eigenvalue weighted by Gasteiger charge is 2.18. The van der Waals surface area contributed by atoms with Gasteiger partial charge in [0.15, 0.2) is 0 Å². The summed E-state index contributed by atoms with van der Waals surface area (Å²) < 4.78 is 11.6. The first-order valence-corrected chi connectivity index (χ1v) is 11.1. The number of hydrogen-bond donors (Lipinski definition) is 2. The molecule has 1 aromatic heterocycles. The van der Waals surface area contributed by atoms with E-state index in [1.807, 2.05) is 36.6 Å². The lowest BCUT2D eigenvalue weighted by Crippen LogP contribution is -2.18. The summed E-state index contributed by atoms with van der Waals surface area (Å²) in [5.41, 5.74) is 2.64. The summed E-state index contributed by atoms with van der Waals surface area (Å²) in [6, 6.07) is 16.1.